The highest BCUT2D eigenvalue weighted by molar-refractivity contribution is 7.47. The molecule has 0 heterocycles. The Kier molecular flexibility index (Phi) is 74.7. The molecule has 0 bridgehead atoms. The molecule has 3 N–H and O–H groups in total. The Morgan fingerprint density at radius 2 is 0.486 bits per heavy atom. The number of rotatable bonds is 84. The average Bonchev–Trinajstić information content (AvgIpc) is 0.910. The lowest BCUT2D eigenvalue weighted by Crippen LogP contribution is -2.30. The molecule has 0 radical (unpaired) electrons. The Hall–Kier alpha value is -1.94. The number of unbranched alkanes of at least 4 members (excludes halogenated alkanes) is 51. The Balaban J connectivity index is 5.24. The van der Waals surface area contributed by atoms with Crippen LogP contribution in [0.1, 0.15) is 453 Å². The number of carbonyl (C=O) groups is 4. The third-order valence-corrected chi connectivity index (χ3v) is 22.4. The number of hydrogen-bond donors (Lipinski definition) is 3. The predicted molar refractivity (Wildman–Crippen MR) is 432 cm³/mol. The molecule has 0 spiro atoms. The van der Waals surface area contributed by atoms with Gasteiger partial charge in [-0.2, -0.15) is 0 Å². The van der Waals surface area contributed by atoms with Crippen molar-refractivity contribution in [3.8, 4) is 0 Å². The first-order valence-electron chi connectivity index (χ1n) is 44.4. The molecule has 0 aromatic rings. The van der Waals surface area contributed by atoms with Crippen LogP contribution < -0.4 is 0 Å². The van der Waals surface area contributed by atoms with Crippen molar-refractivity contribution in [1.82, 2.24) is 0 Å². The van der Waals surface area contributed by atoms with Gasteiger partial charge in [-0.3, -0.25) is 37.3 Å². The molecular weight excluding hydrogens is 1370 g/mol. The Labute approximate surface area is 645 Å². The number of aliphatic hydroxyl groups excluding tert-OH is 1. The van der Waals surface area contributed by atoms with Gasteiger partial charge < -0.3 is 33.8 Å². The van der Waals surface area contributed by atoms with Gasteiger partial charge in [0.05, 0.1) is 26.4 Å². The lowest BCUT2D eigenvalue weighted by atomic mass is 9.99. The second kappa shape index (κ2) is 76.1. The molecule has 0 fully saturated rings. The van der Waals surface area contributed by atoms with Gasteiger partial charge in [-0.1, -0.05) is 402 Å². The van der Waals surface area contributed by atoms with E-state index in [1.807, 2.05) is 0 Å². The minimum atomic E-state index is -4.97. The zero-order valence-corrected chi connectivity index (χ0v) is 71.0. The molecule has 0 aliphatic heterocycles. The number of hydrogen-bond acceptors (Lipinski definition) is 15. The zero-order valence-electron chi connectivity index (χ0n) is 69.2. The van der Waals surface area contributed by atoms with Crippen LogP contribution in [-0.2, 0) is 65.4 Å². The normalized spacial score (nSPS) is 14.1. The first-order valence-corrected chi connectivity index (χ1v) is 47.4. The van der Waals surface area contributed by atoms with E-state index in [4.69, 9.17) is 37.0 Å². The maximum Gasteiger partial charge on any atom is 0.472 e. The Morgan fingerprint density at radius 3 is 0.724 bits per heavy atom. The van der Waals surface area contributed by atoms with E-state index < -0.39 is 97.5 Å². The summed E-state index contributed by atoms with van der Waals surface area (Å²) in [6.07, 6.45) is 66.6. The molecule has 0 aliphatic carbocycles. The smallest absolute Gasteiger partial charge is 0.462 e. The standard InChI is InChI=1S/C86H168O17P2/c1-8-10-11-12-13-14-15-16-21-29-34-39-48-55-62-69-86(91)103-82(74-97-84(89)68-61-54-47-42-41-44-51-58-65-78(5)6)76-101-105(94,95)99-72-80(87)71-98-104(92,93)100-75-81(73-96-83(88)67-60-53-46-38-33-28-25-24-27-32-37-45-52-59-66-79(7)9-2)102-85(90)70-63-56-49-40-35-30-23-20-18-17-19-22-26-31-36-43-50-57-64-77(3)4/h77-82,87H,8-76H2,1-7H3,(H,92,93)(H,94,95)/t79?,80-,81-,82-/m1/s1. The minimum absolute atomic E-state index is 0.108. The highest BCUT2D eigenvalue weighted by Crippen LogP contribution is 2.45. The summed E-state index contributed by atoms with van der Waals surface area (Å²) in [6, 6.07) is 0. The van der Waals surface area contributed by atoms with Gasteiger partial charge in [0, 0.05) is 25.7 Å². The molecule has 0 aliphatic rings. The number of phosphoric acid groups is 2. The van der Waals surface area contributed by atoms with Crippen molar-refractivity contribution < 1.29 is 80.2 Å². The number of esters is 4. The van der Waals surface area contributed by atoms with Crippen molar-refractivity contribution in [2.45, 2.75) is 471 Å². The Morgan fingerprint density at radius 1 is 0.276 bits per heavy atom. The van der Waals surface area contributed by atoms with E-state index in [1.165, 1.54) is 263 Å². The summed E-state index contributed by atoms with van der Waals surface area (Å²) in [5.74, 6) is 0.293. The molecule has 0 saturated heterocycles. The molecule has 624 valence electrons. The molecule has 105 heavy (non-hydrogen) atoms. The summed E-state index contributed by atoms with van der Waals surface area (Å²) in [4.78, 5) is 73.2. The molecule has 0 aromatic heterocycles. The van der Waals surface area contributed by atoms with Crippen LogP contribution in [0.2, 0.25) is 0 Å². The third kappa shape index (κ3) is 78.5. The summed E-state index contributed by atoms with van der Waals surface area (Å²) < 4.78 is 68.9. The number of aliphatic hydroxyl groups is 1. The van der Waals surface area contributed by atoms with Crippen LogP contribution in [0, 0.1) is 17.8 Å². The summed E-state index contributed by atoms with van der Waals surface area (Å²) >= 11 is 0. The zero-order chi connectivity index (χ0) is 77.2. The summed E-state index contributed by atoms with van der Waals surface area (Å²) in [5, 5.41) is 10.7. The van der Waals surface area contributed by atoms with Crippen LogP contribution in [-0.4, -0.2) is 96.7 Å². The maximum atomic E-state index is 13.1. The fourth-order valence-electron chi connectivity index (χ4n) is 13.3. The van der Waals surface area contributed by atoms with Gasteiger partial charge in [0.2, 0.25) is 0 Å². The molecule has 0 amide bonds. The molecule has 0 rings (SSSR count). The highest BCUT2D eigenvalue weighted by atomic mass is 31.2. The number of ether oxygens (including phenoxy) is 4. The monoisotopic (exact) mass is 1540 g/mol. The molecule has 0 aromatic carbocycles. The lowest BCUT2D eigenvalue weighted by molar-refractivity contribution is -0.161. The first-order chi connectivity index (χ1) is 50.8. The van der Waals surface area contributed by atoms with Crippen molar-refractivity contribution in [2.24, 2.45) is 17.8 Å². The average molecular weight is 1540 g/mol. The van der Waals surface area contributed by atoms with Crippen molar-refractivity contribution in [1.29, 1.82) is 0 Å². The minimum Gasteiger partial charge on any atom is -0.462 e. The van der Waals surface area contributed by atoms with Crippen molar-refractivity contribution in [3.63, 3.8) is 0 Å². The topological polar surface area (TPSA) is 237 Å². The molecule has 3 unspecified atom stereocenters. The van der Waals surface area contributed by atoms with Gasteiger partial charge in [-0.05, 0) is 43.4 Å². The summed E-state index contributed by atoms with van der Waals surface area (Å²) in [6.45, 7) is 12.0. The van der Waals surface area contributed by atoms with Crippen LogP contribution in [0.4, 0.5) is 0 Å². The van der Waals surface area contributed by atoms with Gasteiger partial charge >= 0.3 is 39.5 Å². The molecule has 17 nitrogen and oxygen atoms in total. The Bertz CT molecular complexity index is 2030. The fourth-order valence-corrected chi connectivity index (χ4v) is 14.9. The molecular formula is C86H168O17P2. The quantitative estimate of drug-likeness (QED) is 0.0222. The first kappa shape index (κ1) is 103. The van der Waals surface area contributed by atoms with Gasteiger partial charge in [-0.15, -0.1) is 0 Å². The van der Waals surface area contributed by atoms with Crippen LogP contribution in [0.15, 0.2) is 0 Å². The van der Waals surface area contributed by atoms with Gasteiger partial charge in [0.15, 0.2) is 12.2 Å². The third-order valence-electron chi connectivity index (χ3n) is 20.5. The van der Waals surface area contributed by atoms with E-state index in [9.17, 15) is 43.2 Å². The molecule has 0 saturated carbocycles. The predicted octanol–water partition coefficient (Wildman–Crippen LogP) is 26.1. The SMILES string of the molecule is CCCCCCCCCCCCCCCCCC(=O)O[C@H](COC(=O)CCCCCCCCCCC(C)C)COP(=O)(O)OC[C@H](O)COP(=O)(O)OC[C@@H](COC(=O)CCCCCCCCCCCCCCCCC(C)CC)OC(=O)CCCCCCCCCCCCCCCCCCCCC(C)C. The van der Waals surface area contributed by atoms with Gasteiger partial charge in [0.25, 0.3) is 0 Å². The van der Waals surface area contributed by atoms with Crippen LogP contribution in [0.3, 0.4) is 0 Å². The largest absolute Gasteiger partial charge is 0.472 e. The van der Waals surface area contributed by atoms with E-state index in [-0.39, 0.29) is 25.7 Å². The second-order valence-corrected chi connectivity index (χ2v) is 35.0. The van der Waals surface area contributed by atoms with E-state index in [1.54, 1.807) is 0 Å². The highest BCUT2D eigenvalue weighted by Gasteiger charge is 2.30. The van der Waals surface area contributed by atoms with E-state index in [2.05, 4.69) is 48.5 Å². The van der Waals surface area contributed by atoms with Gasteiger partial charge in [-0.25, -0.2) is 9.13 Å². The van der Waals surface area contributed by atoms with Crippen LogP contribution in [0.25, 0.3) is 0 Å². The molecule has 19 heteroatoms. The number of phosphoric ester groups is 2. The van der Waals surface area contributed by atoms with Gasteiger partial charge in [0.1, 0.15) is 19.3 Å². The van der Waals surface area contributed by atoms with E-state index in [0.29, 0.717) is 25.7 Å². The van der Waals surface area contributed by atoms with Crippen molar-refractivity contribution >= 4 is 39.5 Å². The fraction of sp³-hybridized carbons (Fsp3) is 0.953. The molecule has 6 atom stereocenters. The van der Waals surface area contributed by atoms with E-state index in [0.717, 1.165) is 108 Å². The van der Waals surface area contributed by atoms with Crippen molar-refractivity contribution in [2.75, 3.05) is 39.6 Å². The second-order valence-electron chi connectivity index (χ2n) is 32.1. The van der Waals surface area contributed by atoms with E-state index >= 15 is 0 Å². The van der Waals surface area contributed by atoms with Crippen LogP contribution >= 0.6 is 15.6 Å². The van der Waals surface area contributed by atoms with Crippen molar-refractivity contribution in [3.05, 3.63) is 0 Å². The summed E-state index contributed by atoms with van der Waals surface area (Å²) in [5.41, 5.74) is 0. The maximum absolute atomic E-state index is 13.1. The number of carbonyl (C=O) groups excluding carboxylic acids is 4. The summed E-state index contributed by atoms with van der Waals surface area (Å²) in [7, 11) is -9.93. The van der Waals surface area contributed by atoms with Crippen LogP contribution in [0.5, 0.6) is 0 Å². The lowest BCUT2D eigenvalue weighted by Gasteiger charge is -2.21.